The Hall–Kier alpha value is -1.36. The van der Waals surface area contributed by atoms with Crippen molar-refractivity contribution in [3.05, 3.63) is 18.5 Å². The summed E-state index contributed by atoms with van der Waals surface area (Å²) in [5, 5.41) is -0.450. The largest absolute Gasteiger partial charge is 0.338 e. The number of hydrogen-bond acceptors (Lipinski definition) is 4. The zero-order valence-electron chi connectivity index (χ0n) is 9.71. The number of alkyl halides is 1. The first-order chi connectivity index (χ1) is 8.18. The van der Waals surface area contributed by atoms with Gasteiger partial charge in [-0.3, -0.25) is 4.79 Å². The van der Waals surface area contributed by atoms with Crippen LogP contribution in [0.2, 0.25) is 0 Å². The van der Waals surface area contributed by atoms with Crippen molar-refractivity contribution >= 4 is 23.5 Å². The first-order valence-electron chi connectivity index (χ1n) is 5.63. The Morgan fingerprint density at radius 2 is 1.88 bits per heavy atom. The van der Waals surface area contributed by atoms with Crippen molar-refractivity contribution in [3.8, 4) is 0 Å². The Morgan fingerprint density at radius 1 is 1.29 bits per heavy atom. The number of halogens is 1. The third-order valence-corrected chi connectivity index (χ3v) is 2.95. The summed E-state index contributed by atoms with van der Waals surface area (Å²) >= 11 is 5.79. The van der Waals surface area contributed by atoms with Gasteiger partial charge < -0.3 is 9.80 Å². The lowest BCUT2D eigenvalue weighted by Gasteiger charge is -2.35. The molecular weight excluding hydrogens is 240 g/mol. The number of rotatable bonds is 2. The minimum Gasteiger partial charge on any atom is -0.338 e. The molecule has 1 saturated heterocycles. The monoisotopic (exact) mass is 254 g/mol. The van der Waals surface area contributed by atoms with Gasteiger partial charge in [-0.05, 0) is 13.0 Å². The molecular formula is C11H15ClN4O. The second-order valence-electron chi connectivity index (χ2n) is 3.98. The fourth-order valence-electron chi connectivity index (χ4n) is 1.83. The summed E-state index contributed by atoms with van der Waals surface area (Å²) in [6.45, 7) is 4.55. The summed E-state index contributed by atoms with van der Waals surface area (Å²) in [6, 6.07) is 1.79. The highest BCUT2D eigenvalue weighted by Gasteiger charge is 2.24. The Morgan fingerprint density at radius 3 is 2.41 bits per heavy atom. The zero-order chi connectivity index (χ0) is 12.3. The second kappa shape index (κ2) is 5.31. The van der Waals surface area contributed by atoms with Crippen molar-refractivity contribution in [2.75, 3.05) is 31.1 Å². The fraction of sp³-hybridized carbons (Fsp3) is 0.545. The molecule has 0 unspecified atom stereocenters. The molecule has 1 aromatic heterocycles. The number of piperazine rings is 1. The van der Waals surface area contributed by atoms with E-state index in [9.17, 15) is 4.79 Å². The predicted octanol–water partition coefficient (Wildman–Crippen LogP) is 0.753. The van der Waals surface area contributed by atoms with E-state index >= 15 is 0 Å². The van der Waals surface area contributed by atoms with Gasteiger partial charge in [0, 0.05) is 38.6 Å². The van der Waals surface area contributed by atoms with Gasteiger partial charge in [-0.1, -0.05) is 0 Å². The van der Waals surface area contributed by atoms with Gasteiger partial charge in [-0.2, -0.15) is 0 Å². The van der Waals surface area contributed by atoms with Crippen molar-refractivity contribution in [1.82, 2.24) is 14.9 Å². The van der Waals surface area contributed by atoms with Gasteiger partial charge in [-0.25, -0.2) is 9.97 Å². The lowest BCUT2D eigenvalue weighted by molar-refractivity contribution is -0.130. The lowest BCUT2D eigenvalue weighted by atomic mass is 10.3. The molecule has 0 bridgehead atoms. The van der Waals surface area contributed by atoms with E-state index in [-0.39, 0.29) is 5.91 Å². The molecule has 0 radical (unpaired) electrons. The van der Waals surface area contributed by atoms with E-state index in [1.54, 1.807) is 30.3 Å². The van der Waals surface area contributed by atoms with Crippen molar-refractivity contribution < 1.29 is 4.79 Å². The highest BCUT2D eigenvalue weighted by molar-refractivity contribution is 6.30. The zero-order valence-corrected chi connectivity index (χ0v) is 10.5. The van der Waals surface area contributed by atoms with Crippen LogP contribution in [0.5, 0.6) is 0 Å². The van der Waals surface area contributed by atoms with Gasteiger partial charge in [0.2, 0.25) is 11.9 Å². The molecule has 1 fully saturated rings. The summed E-state index contributed by atoms with van der Waals surface area (Å²) in [5.74, 6) is 0.721. The van der Waals surface area contributed by atoms with Crippen molar-refractivity contribution in [1.29, 1.82) is 0 Å². The Labute approximate surface area is 105 Å². The van der Waals surface area contributed by atoms with Crippen molar-refractivity contribution in [2.24, 2.45) is 0 Å². The molecule has 1 amide bonds. The third-order valence-electron chi connectivity index (χ3n) is 2.77. The van der Waals surface area contributed by atoms with Crippen LogP contribution in [0, 0.1) is 0 Å². The molecule has 0 N–H and O–H groups in total. The van der Waals surface area contributed by atoms with E-state index in [0.29, 0.717) is 13.1 Å². The summed E-state index contributed by atoms with van der Waals surface area (Å²) in [6.07, 6.45) is 3.45. The number of amides is 1. The van der Waals surface area contributed by atoms with Gasteiger partial charge in [0.1, 0.15) is 5.38 Å². The molecule has 17 heavy (non-hydrogen) atoms. The number of hydrogen-bond donors (Lipinski definition) is 0. The maximum absolute atomic E-state index is 11.7. The maximum atomic E-state index is 11.7. The van der Waals surface area contributed by atoms with Crippen LogP contribution in [0.15, 0.2) is 18.5 Å². The van der Waals surface area contributed by atoms with E-state index in [1.807, 2.05) is 0 Å². The Balaban J connectivity index is 1.93. The van der Waals surface area contributed by atoms with Crippen LogP contribution >= 0.6 is 11.6 Å². The van der Waals surface area contributed by atoms with Crippen LogP contribution in [0.4, 0.5) is 5.95 Å². The molecule has 1 aliphatic rings. The average molecular weight is 255 g/mol. The van der Waals surface area contributed by atoms with Crippen LogP contribution in [-0.4, -0.2) is 52.3 Å². The molecule has 1 aromatic rings. The van der Waals surface area contributed by atoms with Gasteiger partial charge in [-0.15, -0.1) is 11.6 Å². The molecule has 0 aliphatic carbocycles. The van der Waals surface area contributed by atoms with E-state index in [4.69, 9.17) is 11.6 Å². The van der Waals surface area contributed by atoms with E-state index in [1.165, 1.54) is 0 Å². The topological polar surface area (TPSA) is 49.3 Å². The second-order valence-corrected chi connectivity index (χ2v) is 4.63. The van der Waals surface area contributed by atoms with Gasteiger partial charge >= 0.3 is 0 Å². The number of carbonyl (C=O) groups excluding carboxylic acids is 1. The standard InChI is InChI=1S/C11H15ClN4O/c1-9(12)10(17)15-5-7-16(8-6-15)11-13-3-2-4-14-11/h2-4,9H,5-8H2,1H3/t9-/m1/s1. The molecule has 0 spiro atoms. The Kier molecular flexibility index (Phi) is 3.78. The van der Waals surface area contributed by atoms with Crippen LogP contribution in [-0.2, 0) is 4.79 Å². The molecule has 2 heterocycles. The van der Waals surface area contributed by atoms with Gasteiger partial charge in [0.05, 0.1) is 0 Å². The van der Waals surface area contributed by atoms with Crippen LogP contribution in [0.1, 0.15) is 6.92 Å². The maximum Gasteiger partial charge on any atom is 0.240 e. The van der Waals surface area contributed by atoms with E-state index < -0.39 is 5.38 Å². The third kappa shape index (κ3) is 2.85. The van der Waals surface area contributed by atoms with E-state index in [0.717, 1.165) is 19.0 Å². The minimum absolute atomic E-state index is 0.000275. The molecule has 92 valence electrons. The fourth-order valence-corrected chi connectivity index (χ4v) is 1.97. The molecule has 2 rings (SSSR count). The summed E-state index contributed by atoms with van der Waals surface area (Å²) in [7, 11) is 0. The normalized spacial score (nSPS) is 18.0. The van der Waals surface area contributed by atoms with Gasteiger partial charge in [0.25, 0.3) is 0 Å². The SMILES string of the molecule is C[C@@H](Cl)C(=O)N1CCN(c2ncccn2)CC1. The number of aromatic nitrogens is 2. The molecule has 1 aliphatic heterocycles. The number of carbonyl (C=O) groups is 1. The molecule has 5 nitrogen and oxygen atoms in total. The average Bonchev–Trinajstić information content (AvgIpc) is 2.39. The first kappa shape index (κ1) is 12.1. The van der Waals surface area contributed by atoms with Crippen molar-refractivity contribution in [3.63, 3.8) is 0 Å². The van der Waals surface area contributed by atoms with Crippen LogP contribution < -0.4 is 4.90 Å². The summed E-state index contributed by atoms with van der Waals surface area (Å²) in [4.78, 5) is 23.9. The van der Waals surface area contributed by atoms with Crippen molar-refractivity contribution in [2.45, 2.75) is 12.3 Å². The summed E-state index contributed by atoms with van der Waals surface area (Å²) < 4.78 is 0. The van der Waals surface area contributed by atoms with Crippen LogP contribution in [0.25, 0.3) is 0 Å². The predicted molar refractivity (Wildman–Crippen MR) is 66.1 cm³/mol. The minimum atomic E-state index is -0.450. The highest BCUT2D eigenvalue weighted by Crippen LogP contribution is 2.11. The molecule has 0 aromatic carbocycles. The Bertz CT molecular complexity index is 376. The first-order valence-corrected chi connectivity index (χ1v) is 6.07. The number of anilines is 1. The summed E-state index contributed by atoms with van der Waals surface area (Å²) in [5.41, 5.74) is 0. The molecule has 0 saturated carbocycles. The van der Waals surface area contributed by atoms with Crippen LogP contribution in [0.3, 0.4) is 0 Å². The highest BCUT2D eigenvalue weighted by atomic mass is 35.5. The lowest BCUT2D eigenvalue weighted by Crippen LogP contribution is -2.50. The van der Waals surface area contributed by atoms with Gasteiger partial charge in [0.15, 0.2) is 0 Å². The molecule has 1 atom stereocenters. The number of nitrogens with zero attached hydrogens (tertiary/aromatic N) is 4. The quantitative estimate of drug-likeness (QED) is 0.731. The van der Waals surface area contributed by atoms with E-state index in [2.05, 4.69) is 14.9 Å². The molecule has 6 heteroatoms. The smallest absolute Gasteiger partial charge is 0.240 e.